The minimum atomic E-state index is -0.273. The average Bonchev–Trinajstić information content (AvgIpc) is 3.06. The molecule has 1 fully saturated rings. The van der Waals surface area contributed by atoms with Gasteiger partial charge in [-0.3, -0.25) is 19.2 Å². The highest BCUT2D eigenvalue weighted by molar-refractivity contribution is 6.03. The standard InChI is InChI=1S/C20H25N3O2/c1-20(2,3)17-7-5-14(6-8-17)13-23-18(24)10-16(19(23)25)9-15-11-21-22(4)12-15/h5-8,11-12,16H,9-10,13H2,1-4H3/t16-/m0/s1. The Balaban J connectivity index is 1.68. The molecule has 0 unspecified atom stereocenters. The highest BCUT2D eigenvalue weighted by Gasteiger charge is 2.38. The number of likely N-dealkylation sites (tertiary alicyclic amines) is 1. The molecule has 2 amide bonds. The summed E-state index contributed by atoms with van der Waals surface area (Å²) < 4.78 is 1.71. The smallest absolute Gasteiger partial charge is 0.233 e. The third-order valence-corrected chi connectivity index (χ3v) is 4.74. The second-order valence-corrected chi connectivity index (χ2v) is 7.89. The van der Waals surface area contributed by atoms with Crippen molar-refractivity contribution in [2.75, 3.05) is 0 Å². The van der Waals surface area contributed by atoms with Gasteiger partial charge in [-0.1, -0.05) is 45.0 Å². The van der Waals surface area contributed by atoms with Crippen molar-refractivity contribution in [3.63, 3.8) is 0 Å². The molecule has 1 atom stereocenters. The first-order valence-corrected chi connectivity index (χ1v) is 8.65. The van der Waals surface area contributed by atoms with Crippen LogP contribution in [0.25, 0.3) is 0 Å². The van der Waals surface area contributed by atoms with E-state index < -0.39 is 0 Å². The maximum Gasteiger partial charge on any atom is 0.233 e. The molecule has 0 bridgehead atoms. The van der Waals surface area contributed by atoms with Gasteiger partial charge < -0.3 is 0 Å². The maximum absolute atomic E-state index is 12.6. The van der Waals surface area contributed by atoms with Crippen molar-refractivity contribution in [1.82, 2.24) is 14.7 Å². The van der Waals surface area contributed by atoms with Gasteiger partial charge in [-0.25, -0.2) is 0 Å². The fraction of sp³-hybridized carbons (Fsp3) is 0.450. The molecule has 0 saturated carbocycles. The van der Waals surface area contributed by atoms with Gasteiger partial charge in [0.05, 0.1) is 18.7 Å². The van der Waals surface area contributed by atoms with Crippen LogP contribution in [0.3, 0.4) is 0 Å². The summed E-state index contributed by atoms with van der Waals surface area (Å²) in [5.74, 6) is -0.432. The molecule has 2 aromatic rings. The van der Waals surface area contributed by atoms with Crippen LogP contribution in [-0.4, -0.2) is 26.5 Å². The van der Waals surface area contributed by atoms with Gasteiger partial charge in [-0.2, -0.15) is 5.10 Å². The number of amides is 2. The minimum absolute atomic E-state index is 0.0752. The van der Waals surface area contributed by atoms with E-state index in [0.29, 0.717) is 13.0 Å². The summed E-state index contributed by atoms with van der Waals surface area (Å²) in [6.45, 7) is 6.85. The molecule has 0 aliphatic carbocycles. The van der Waals surface area contributed by atoms with E-state index in [1.165, 1.54) is 10.5 Å². The summed E-state index contributed by atoms with van der Waals surface area (Å²) in [6.07, 6.45) is 4.50. The molecule has 0 radical (unpaired) electrons. The van der Waals surface area contributed by atoms with Crippen molar-refractivity contribution in [3.8, 4) is 0 Å². The molecular weight excluding hydrogens is 314 g/mol. The van der Waals surface area contributed by atoms with Crippen LogP contribution in [0.1, 0.15) is 43.9 Å². The molecule has 5 heteroatoms. The average molecular weight is 339 g/mol. The predicted octanol–water partition coefficient (Wildman–Crippen LogP) is 2.84. The Bertz CT molecular complexity index is 784. The number of hydrogen-bond acceptors (Lipinski definition) is 3. The minimum Gasteiger partial charge on any atom is -0.278 e. The van der Waals surface area contributed by atoms with Gasteiger partial charge in [0.15, 0.2) is 0 Å². The number of aryl methyl sites for hydroxylation is 1. The first kappa shape index (κ1) is 17.4. The quantitative estimate of drug-likeness (QED) is 0.805. The number of benzene rings is 1. The van der Waals surface area contributed by atoms with Gasteiger partial charge in [0, 0.05) is 19.7 Å². The number of nitrogens with zero attached hydrogens (tertiary/aromatic N) is 3. The lowest BCUT2D eigenvalue weighted by atomic mass is 9.87. The van der Waals surface area contributed by atoms with E-state index in [0.717, 1.165) is 11.1 Å². The van der Waals surface area contributed by atoms with Crippen molar-refractivity contribution in [3.05, 3.63) is 53.3 Å². The van der Waals surface area contributed by atoms with Crippen molar-refractivity contribution < 1.29 is 9.59 Å². The Morgan fingerprint density at radius 3 is 2.36 bits per heavy atom. The van der Waals surface area contributed by atoms with Gasteiger partial charge in [-0.05, 0) is 28.5 Å². The second-order valence-electron chi connectivity index (χ2n) is 7.89. The molecule has 2 heterocycles. The van der Waals surface area contributed by atoms with Crippen molar-refractivity contribution in [2.45, 2.75) is 45.6 Å². The highest BCUT2D eigenvalue weighted by atomic mass is 16.2. The zero-order valence-corrected chi connectivity index (χ0v) is 15.3. The van der Waals surface area contributed by atoms with E-state index in [9.17, 15) is 9.59 Å². The van der Waals surface area contributed by atoms with Gasteiger partial charge >= 0.3 is 0 Å². The lowest BCUT2D eigenvalue weighted by molar-refractivity contribution is -0.140. The molecule has 1 aliphatic rings. The number of carbonyl (C=O) groups is 2. The van der Waals surface area contributed by atoms with E-state index in [1.54, 1.807) is 10.9 Å². The van der Waals surface area contributed by atoms with Crippen LogP contribution in [-0.2, 0) is 35.0 Å². The van der Waals surface area contributed by atoms with Gasteiger partial charge in [0.1, 0.15) is 0 Å². The first-order chi connectivity index (χ1) is 11.7. The van der Waals surface area contributed by atoms with Crippen LogP contribution in [0, 0.1) is 5.92 Å². The Kier molecular flexibility index (Phi) is 4.50. The summed E-state index contributed by atoms with van der Waals surface area (Å²) in [7, 11) is 1.85. The zero-order valence-electron chi connectivity index (χ0n) is 15.3. The lowest BCUT2D eigenvalue weighted by Gasteiger charge is -2.20. The molecule has 1 aromatic heterocycles. The van der Waals surface area contributed by atoms with E-state index in [-0.39, 0.29) is 29.6 Å². The normalized spacial score (nSPS) is 18.2. The zero-order chi connectivity index (χ0) is 18.2. The first-order valence-electron chi connectivity index (χ1n) is 8.65. The third kappa shape index (κ3) is 3.81. The molecule has 132 valence electrons. The number of imide groups is 1. The highest BCUT2D eigenvalue weighted by Crippen LogP contribution is 2.26. The van der Waals surface area contributed by atoms with Crippen molar-refractivity contribution in [1.29, 1.82) is 0 Å². The summed E-state index contributed by atoms with van der Waals surface area (Å²) in [5.41, 5.74) is 3.30. The van der Waals surface area contributed by atoms with Crippen LogP contribution < -0.4 is 0 Å². The molecular formula is C20H25N3O2. The molecule has 1 saturated heterocycles. The summed E-state index contributed by atoms with van der Waals surface area (Å²) >= 11 is 0. The fourth-order valence-electron chi connectivity index (χ4n) is 3.23. The Morgan fingerprint density at radius 2 is 1.80 bits per heavy atom. The Morgan fingerprint density at radius 1 is 1.12 bits per heavy atom. The van der Waals surface area contributed by atoms with E-state index in [2.05, 4.69) is 38.0 Å². The molecule has 0 N–H and O–H groups in total. The van der Waals surface area contributed by atoms with Gasteiger partial charge in [0.2, 0.25) is 11.8 Å². The van der Waals surface area contributed by atoms with Crippen LogP contribution in [0.4, 0.5) is 0 Å². The second kappa shape index (κ2) is 6.47. The Labute approximate surface area is 148 Å². The number of carbonyl (C=O) groups excluding carboxylic acids is 2. The summed E-state index contributed by atoms with van der Waals surface area (Å²) in [6, 6.07) is 8.17. The Hall–Kier alpha value is -2.43. The van der Waals surface area contributed by atoms with E-state index in [1.807, 2.05) is 25.4 Å². The molecule has 1 aliphatic heterocycles. The largest absolute Gasteiger partial charge is 0.278 e. The van der Waals surface area contributed by atoms with Crippen molar-refractivity contribution in [2.24, 2.45) is 13.0 Å². The van der Waals surface area contributed by atoms with Crippen LogP contribution >= 0.6 is 0 Å². The monoisotopic (exact) mass is 339 g/mol. The topological polar surface area (TPSA) is 55.2 Å². The number of hydrogen-bond donors (Lipinski definition) is 0. The van der Waals surface area contributed by atoms with Crippen molar-refractivity contribution >= 4 is 11.8 Å². The van der Waals surface area contributed by atoms with Crippen LogP contribution in [0.15, 0.2) is 36.7 Å². The summed E-state index contributed by atoms with van der Waals surface area (Å²) in [5, 5.41) is 4.12. The summed E-state index contributed by atoms with van der Waals surface area (Å²) in [4.78, 5) is 26.3. The van der Waals surface area contributed by atoms with E-state index >= 15 is 0 Å². The van der Waals surface area contributed by atoms with Crippen LogP contribution in [0.2, 0.25) is 0 Å². The van der Waals surface area contributed by atoms with Crippen LogP contribution in [0.5, 0.6) is 0 Å². The number of aromatic nitrogens is 2. The molecule has 0 spiro atoms. The molecule has 5 nitrogen and oxygen atoms in total. The van der Waals surface area contributed by atoms with E-state index in [4.69, 9.17) is 0 Å². The SMILES string of the molecule is Cn1cc(C[C@H]2CC(=O)N(Cc3ccc(C(C)(C)C)cc3)C2=O)cn1. The molecule has 3 rings (SSSR count). The predicted molar refractivity (Wildman–Crippen MR) is 95.7 cm³/mol. The third-order valence-electron chi connectivity index (χ3n) is 4.74. The van der Waals surface area contributed by atoms with Gasteiger partial charge in [0.25, 0.3) is 0 Å². The maximum atomic E-state index is 12.6. The molecule has 1 aromatic carbocycles. The number of rotatable bonds is 4. The molecule has 25 heavy (non-hydrogen) atoms. The fourth-order valence-corrected chi connectivity index (χ4v) is 3.23. The van der Waals surface area contributed by atoms with Gasteiger partial charge in [-0.15, -0.1) is 0 Å². The lowest BCUT2D eigenvalue weighted by Crippen LogP contribution is -2.30.